The van der Waals surface area contributed by atoms with Crippen LogP contribution < -0.4 is 10.6 Å². The predicted molar refractivity (Wildman–Crippen MR) is 112 cm³/mol. The van der Waals surface area contributed by atoms with Gasteiger partial charge in [0.1, 0.15) is 5.82 Å². The van der Waals surface area contributed by atoms with Crippen LogP contribution in [0, 0.1) is 5.82 Å². The first-order chi connectivity index (χ1) is 15.1. The molecule has 0 bridgehead atoms. The zero-order valence-electron chi connectivity index (χ0n) is 16.9. The zero-order valence-corrected chi connectivity index (χ0v) is 17.7. The van der Waals surface area contributed by atoms with Crippen LogP contribution in [0.1, 0.15) is 23.2 Å². The first kappa shape index (κ1) is 23.7. The maximum atomic E-state index is 13.0. The summed E-state index contributed by atoms with van der Waals surface area (Å²) < 4.78 is 61.0. The number of anilines is 1. The Morgan fingerprint density at radius 1 is 1.00 bits per heavy atom. The van der Waals surface area contributed by atoms with Gasteiger partial charge in [-0.05, 0) is 61.4 Å². The molecular weight excluding hydrogens is 447 g/mol. The Balaban J connectivity index is 1.44. The molecule has 3 rings (SSSR count). The lowest BCUT2D eigenvalue weighted by Crippen LogP contribution is -2.46. The standard InChI is InChI=1S/C21H22F3N3O4S/c22-15-3-1-14(2-4-15)20(29)26-17-9-11-27(12-10-17)13-19(28)25-16-5-7-18(8-6-16)32(30,31)21(23)24/h1-8,17,21H,9-13H2,(H,25,28)(H,26,29). The smallest absolute Gasteiger partial charge is 0.341 e. The molecule has 0 spiro atoms. The number of nitrogens with zero attached hydrogens (tertiary/aromatic N) is 1. The van der Waals surface area contributed by atoms with E-state index < -0.39 is 26.3 Å². The summed E-state index contributed by atoms with van der Waals surface area (Å²) >= 11 is 0. The van der Waals surface area contributed by atoms with E-state index in [1.807, 2.05) is 4.90 Å². The predicted octanol–water partition coefficient (Wildman–Crippen LogP) is 2.65. The molecule has 2 N–H and O–H groups in total. The van der Waals surface area contributed by atoms with Crippen molar-refractivity contribution in [1.29, 1.82) is 0 Å². The third-order valence-electron chi connectivity index (χ3n) is 5.10. The third-order valence-corrected chi connectivity index (χ3v) is 6.50. The molecular formula is C21H22F3N3O4S. The van der Waals surface area contributed by atoms with Crippen LogP contribution in [0.15, 0.2) is 53.4 Å². The van der Waals surface area contributed by atoms with Crippen molar-refractivity contribution >= 4 is 27.3 Å². The molecule has 1 aliphatic rings. The molecule has 2 aromatic carbocycles. The average molecular weight is 469 g/mol. The number of amides is 2. The van der Waals surface area contributed by atoms with Crippen LogP contribution in [0.4, 0.5) is 18.9 Å². The SMILES string of the molecule is O=C(CN1CCC(NC(=O)c2ccc(F)cc2)CC1)Nc1ccc(S(=O)(=O)C(F)F)cc1. The number of alkyl halides is 2. The largest absolute Gasteiger partial charge is 0.349 e. The van der Waals surface area contributed by atoms with Gasteiger partial charge in [0.25, 0.3) is 5.91 Å². The van der Waals surface area contributed by atoms with E-state index in [1.165, 1.54) is 36.4 Å². The number of halogens is 3. The van der Waals surface area contributed by atoms with E-state index in [-0.39, 0.29) is 24.4 Å². The second kappa shape index (κ2) is 10.1. The Kier molecular flexibility index (Phi) is 7.52. The molecule has 0 saturated carbocycles. The second-order valence-electron chi connectivity index (χ2n) is 7.41. The number of benzene rings is 2. The normalized spacial score (nSPS) is 15.5. The van der Waals surface area contributed by atoms with Gasteiger partial charge in [0, 0.05) is 30.4 Å². The number of carbonyl (C=O) groups is 2. The second-order valence-corrected chi connectivity index (χ2v) is 9.33. The number of hydrogen-bond donors (Lipinski definition) is 2. The summed E-state index contributed by atoms with van der Waals surface area (Å²) in [6, 6.07) is 9.77. The van der Waals surface area contributed by atoms with E-state index in [2.05, 4.69) is 10.6 Å². The van der Waals surface area contributed by atoms with E-state index in [0.717, 1.165) is 12.1 Å². The molecule has 1 saturated heterocycles. The summed E-state index contributed by atoms with van der Waals surface area (Å²) in [5.74, 6) is -4.53. The van der Waals surface area contributed by atoms with Gasteiger partial charge in [-0.15, -0.1) is 0 Å². The van der Waals surface area contributed by atoms with Crippen LogP contribution in [0.25, 0.3) is 0 Å². The minimum absolute atomic E-state index is 0.0591. The van der Waals surface area contributed by atoms with E-state index in [4.69, 9.17) is 0 Å². The van der Waals surface area contributed by atoms with Gasteiger partial charge in [0.2, 0.25) is 15.7 Å². The van der Waals surface area contributed by atoms with Crippen LogP contribution in [-0.4, -0.2) is 56.6 Å². The lowest BCUT2D eigenvalue weighted by atomic mass is 10.0. The number of hydrogen-bond acceptors (Lipinski definition) is 5. The number of rotatable bonds is 7. The van der Waals surface area contributed by atoms with Gasteiger partial charge in [-0.25, -0.2) is 12.8 Å². The molecule has 1 aliphatic heterocycles. The summed E-state index contributed by atoms with van der Waals surface area (Å²) in [6.07, 6.45) is 1.28. The molecule has 2 aromatic rings. The number of carbonyl (C=O) groups excluding carboxylic acids is 2. The van der Waals surface area contributed by atoms with Crippen LogP contribution in [0.2, 0.25) is 0 Å². The minimum atomic E-state index is -4.68. The van der Waals surface area contributed by atoms with Gasteiger partial charge in [-0.1, -0.05) is 0 Å². The summed E-state index contributed by atoms with van der Waals surface area (Å²) in [4.78, 5) is 25.9. The maximum absolute atomic E-state index is 13.0. The first-order valence-corrected chi connectivity index (χ1v) is 11.4. The lowest BCUT2D eigenvalue weighted by molar-refractivity contribution is -0.117. The van der Waals surface area contributed by atoms with Crippen molar-refractivity contribution in [2.75, 3.05) is 25.0 Å². The molecule has 1 heterocycles. The number of piperidine rings is 1. The van der Waals surface area contributed by atoms with Gasteiger partial charge >= 0.3 is 5.76 Å². The highest BCUT2D eigenvalue weighted by Crippen LogP contribution is 2.20. The van der Waals surface area contributed by atoms with Crippen molar-refractivity contribution < 1.29 is 31.2 Å². The highest BCUT2D eigenvalue weighted by Gasteiger charge is 2.26. The number of likely N-dealkylation sites (tertiary alicyclic amines) is 1. The van der Waals surface area contributed by atoms with Crippen molar-refractivity contribution in [3.05, 3.63) is 59.9 Å². The van der Waals surface area contributed by atoms with Gasteiger partial charge < -0.3 is 10.6 Å². The quantitative estimate of drug-likeness (QED) is 0.650. The molecule has 7 nitrogen and oxygen atoms in total. The summed E-state index contributed by atoms with van der Waals surface area (Å²) in [6.45, 7) is 1.25. The Hall–Kier alpha value is -2.92. The topological polar surface area (TPSA) is 95.6 Å². The highest BCUT2D eigenvalue weighted by atomic mass is 32.2. The van der Waals surface area contributed by atoms with Crippen LogP contribution in [-0.2, 0) is 14.6 Å². The van der Waals surface area contributed by atoms with E-state index in [0.29, 0.717) is 37.2 Å². The van der Waals surface area contributed by atoms with Crippen molar-refractivity contribution in [3.63, 3.8) is 0 Å². The van der Waals surface area contributed by atoms with Crippen LogP contribution >= 0.6 is 0 Å². The molecule has 172 valence electrons. The Labute approximate surface area is 183 Å². The van der Waals surface area contributed by atoms with E-state index in [9.17, 15) is 31.2 Å². The summed E-state index contributed by atoms with van der Waals surface area (Å²) in [7, 11) is -4.68. The van der Waals surface area contributed by atoms with Crippen molar-refractivity contribution in [1.82, 2.24) is 10.2 Å². The minimum Gasteiger partial charge on any atom is -0.349 e. The number of sulfone groups is 1. The number of nitrogens with one attached hydrogen (secondary N) is 2. The Morgan fingerprint density at radius 3 is 2.16 bits per heavy atom. The van der Waals surface area contributed by atoms with Crippen molar-refractivity contribution in [2.45, 2.75) is 29.5 Å². The molecule has 0 aromatic heterocycles. The molecule has 2 amide bonds. The zero-order chi connectivity index (χ0) is 23.3. The van der Waals surface area contributed by atoms with Gasteiger partial charge in [0.05, 0.1) is 11.4 Å². The monoisotopic (exact) mass is 469 g/mol. The molecule has 0 aliphatic carbocycles. The molecule has 0 unspecified atom stereocenters. The lowest BCUT2D eigenvalue weighted by Gasteiger charge is -2.31. The fraction of sp³-hybridized carbons (Fsp3) is 0.333. The van der Waals surface area contributed by atoms with Crippen molar-refractivity contribution in [3.8, 4) is 0 Å². The van der Waals surface area contributed by atoms with Gasteiger partial charge in [-0.3, -0.25) is 14.5 Å². The highest BCUT2D eigenvalue weighted by molar-refractivity contribution is 7.91. The van der Waals surface area contributed by atoms with Crippen LogP contribution in [0.3, 0.4) is 0 Å². The fourth-order valence-electron chi connectivity index (χ4n) is 3.34. The average Bonchev–Trinajstić information content (AvgIpc) is 2.75. The van der Waals surface area contributed by atoms with Crippen molar-refractivity contribution in [2.24, 2.45) is 0 Å². The summed E-state index contributed by atoms with van der Waals surface area (Å²) in [5, 5.41) is 5.51. The van der Waals surface area contributed by atoms with Gasteiger partial charge in [0.15, 0.2) is 0 Å². The maximum Gasteiger partial charge on any atom is 0.341 e. The fourth-order valence-corrected chi connectivity index (χ4v) is 4.06. The Morgan fingerprint density at radius 2 is 1.59 bits per heavy atom. The Bertz CT molecular complexity index is 1050. The summed E-state index contributed by atoms with van der Waals surface area (Å²) in [5.41, 5.74) is 0.672. The molecule has 32 heavy (non-hydrogen) atoms. The van der Waals surface area contributed by atoms with E-state index >= 15 is 0 Å². The molecule has 0 atom stereocenters. The van der Waals surface area contributed by atoms with Gasteiger partial charge in [-0.2, -0.15) is 8.78 Å². The molecule has 11 heteroatoms. The third kappa shape index (κ3) is 6.07. The van der Waals surface area contributed by atoms with Crippen LogP contribution in [0.5, 0.6) is 0 Å². The first-order valence-electron chi connectivity index (χ1n) is 9.86. The molecule has 0 radical (unpaired) electrons. The molecule has 1 fully saturated rings. The van der Waals surface area contributed by atoms with E-state index in [1.54, 1.807) is 0 Å².